The second-order valence-electron chi connectivity index (χ2n) is 8.59. The molecule has 10 nitrogen and oxygen atoms in total. The van der Waals surface area contributed by atoms with Gasteiger partial charge in [0.05, 0.1) is 26.6 Å². The molecule has 1 amide bonds. The van der Waals surface area contributed by atoms with E-state index in [-0.39, 0.29) is 35.3 Å². The number of carbonyl (C=O) groups is 1. The smallest absolute Gasteiger partial charge is 0.271 e. The summed E-state index contributed by atoms with van der Waals surface area (Å²) in [5.41, 5.74) is 2.66. The van der Waals surface area contributed by atoms with Crippen molar-refractivity contribution < 1.29 is 18.1 Å². The van der Waals surface area contributed by atoms with Gasteiger partial charge >= 0.3 is 0 Å². The molecule has 0 spiro atoms. The Hall–Kier alpha value is -3.74. The first-order valence-electron chi connectivity index (χ1n) is 11.4. The molecule has 1 N–H and O–H groups in total. The molecule has 1 aliphatic rings. The lowest BCUT2D eigenvalue weighted by atomic mass is 10.1. The van der Waals surface area contributed by atoms with E-state index in [1.807, 2.05) is 37.3 Å². The molecule has 1 aliphatic heterocycles. The molecule has 37 heavy (non-hydrogen) atoms. The number of non-ortho nitro benzene ring substituents is 1. The van der Waals surface area contributed by atoms with Crippen LogP contribution in [0, 0.1) is 17.0 Å². The second kappa shape index (κ2) is 9.96. The van der Waals surface area contributed by atoms with Gasteiger partial charge in [0.25, 0.3) is 5.69 Å². The Kier molecular flexibility index (Phi) is 6.71. The van der Waals surface area contributed by atoms with Gasteiger partial charge in [-0.25, -0.2) is 13.4 Å². The van der Waals surface area contributed by atoms with Crippen LogP contribution in [0.5, 0.6) is 0 Å². The number of imidazole rings is 1. The molecular formula is C25H23N5O5S2. The summed E-state index contributed by atoms with van der Waals surface area (Å²) >= 11 is 1.16. The predicted octanol–water partition coefficient (Wildman–Crippen LogP) is 4.10. The van der Waals surface area contributed by atoms with Crippen LogP contribution < -0.4 is 0 Å². The lowest BCUT2D eigenvalue weighted by molar-refractivity contribution is -0.384. The van der Waals surface area contributed by atoms with Crippen molar-refractivity contribution in [2.24, 2.45) is 0 Å². The summed E-state index contributed by atoms with van der Waals surface area (Å²) in [7, 11) is -3.86. The van der Waals surface area contributed by atoms with Crippen LogP contribution in [-0.4, -0.2) is 57.3 Å². The lowest BCUT2D eigenvalue weighted by Crippen LogP contribution is -2.38. The Balaban J connectivity index is 1.38. The number of hydrogen-bond donors (Lipinski definition) is 1. The molecule has 1 atom stereocenters. The van der Waals surface area contributed by atoms with E-state index < -0.39 is 21.1 Å². The van der Waals surface area contributed by atoms with Crippen molar-refractivity contribution in [3.8, 4) is 0 Å². The molecule has 5 rings (SSSR count). The maximum Gasteiger partial charge on any atom is 0.271 e. The zero-order chi connectivity index (χ0) is 26.2. The number of aryl methyl sites for hydroxylation is 1. The molecule has 1 aromatic heterocycles. The van der Waals surface area contributed by atoms with E-state index in [0.717, 1.165) is 17.3 Å². The number of sulfonamides is 1. The number of amides is 1. The minimum absolute atomic E-state index is 0.0175. The Bertz CT molecular complexity index is 1570. The molecule has 4 aromatic rings. The number of aromatic nitrogens is 2. The lowest BCUT2D eigenvalue weighted by Gasteiger charge is -2.30. The third-order valence-electron chi connectivity index (χ3n) is 6.16. The minimum atomic E-state index is -3.86. The van der Waals surface area contributed by atoms with Crippen LogP contribution in [0.4, 0.5) is 5.69 Å². The number of nitrogens with one attached hydrogen (secondary N) is 1. The SMILES string of the molecule is Cc1ccc(S(=O)(=O)N2CCN(C(=O)CSc3nc4ccc([N+](=O)[O-])cc4[nH]3)[C@H]2c2ccccc2)cc1. The summed E-state index contributed by atoms with van der Waals surface area (Å²) in [6.45, 7) is 2.30. The quantitative estimate of drug-likeness (QED) is 0.213. The third kappa shape index (κ3) is 4.95. The van der Waals surface area contributed by atoms with E-state index in [0.29, 0.717) is 21.8 Å². The van der Waals surface area contributed by atoms with Gasteiger partial charge in [-0.2, -0.15) is 4.31 Å². The predicted molar refractivity (Wildman–Crippen MR) is 139 cm³/mol. The van der Waals surface area contributed by atoms with Crippen molar-refractivity contribution >= 4 is 44.4 Å². The van der Waals surface area contributed by atoms with Gasteiger partial charge in [-0.3, -0.25) is 14.9 Å². The van der Waals surface area contributed by atoms with Crippen LogP contribution in [-0.2, 0) is 14.8 Å². The number of rotatable bonds is 7. The summed E-state index contributed by atoms with van der Waals surface area (Å²) in [6.07, 6.45) is -0.779. The Labute approximate surface area is 217 Å². The number of nitro groups is 1. The van der Waals surface area contributed by atoms with Gasteiger partial charge in [0.15, 0.2) is 5.16 Å². The average Bonchev–Trinajstić information content (AvgIpc) is 3.52. The summed E-state index contributed by atoms with van der Waals surface area (Å²) in [5, 5.41) is 11.5. The van der Waals surface area contributed by atoms with E-state index in [9.17, 15) is 23.3 Å². The highest BCUT2D eigenvalue weighted by atomic mass is 32.2. The summed E-state index contributed by atoms with van der Waals surface area (Å²) < 4.78 is 28.5. The Morgan fingerprint density at radius 2 is 1.84 bits per heavy atom. The van der Waals surface area contributed by atoms with Crippen LogP contribution in [0.3, 0.4) is 0 Å². The van der Waals surface area contributed by atoms with Gasteiger partial charge in [-0.15, -0.1) is 0 Å². The van der Waals surface area contributed by atoms with E-state index in [1.165, 1.54) is 16.4 Å². The second-order valence-corrected chi connectivity index (χ2v) is 11.4. The number of nitrogens with zero attached hydrogens (tertiary/aromatic N) is 4. The molecule has 1 saturated heterocycles. The number of thioether (sulfide) groups is 1. The van der Waals surface area contributed by atoms with Crippen LogP contribution in [0.15, 0.2) is 82.8 Å². The molecule has 2 heterocycles. The molecule has 0 aliphatic carbocycles. The molecular weight excluding hydrogens is 514 g/mol. The fraction of sp³-hybridized carbons (Fsp3) is 0.200. The van der Waals surface area contributed by atoms with Gasteiger partial charge in [0.1, 0.15) is 6.17 Å². The summed E-state index contributed by atoms with van der Waals surface area (Å²) in [5.74, 6) is -0.226. The highest BCUT2D eigenvalue weighted by Crippen LogP contribution is 2.36. The number of nitro benzene ring substituents is 1. The van der Waals surface area contributed by atoms with Gasteiger partial charge in [0.2, 0.25) is 15.9 Å². The fourth-order valence-electron chi connectivity index (χ4n) is 4.31. The Morgan fingerprint density at radius 3 is 2.54 bits per heavy atom. The van der Waals surface area contributed by atoms with Crippen LogP contribution in [0.2, 0.25) is 0 Å². The van der Waals surface area contributed by atoms with Crippen LogP contribution >= 0.6 is 11.8 Å². The number of carbonyl (C=O) groups excluding carboxylic acids is 1. The molecule has 0 bridgehead atoms. The topological polar surface area (TPSA) is 130 Å². The molecule has 0 radical (unpaired) electrons. The number of H-pyrrole nitrogens is 1. The number of aromatic amines is 1. The Morgan fingerprint density at radius 1 is 1.11 bits per heavy atom. The molecule has 3 aromatic carbocycles. The monoisotopic (exact) mass is 537 g/mol. The number of hydrogen-bond acceptors (Lipinski definition) is 7. The molecule has 0 saturated carbocycles. The number of fused-ring (bicyclic) bond motifs is 1. The zero-order valence-corrected chi connectivity index (χ0v) is 21.4. The standard InChI is InChI=1S/C25H23N5O5S2/c1-17-7-10-20(11-8-17)37(34,35)29-14-13-28(24(29)18-5-3-2-4-6-18)23(31)16-36-25-26-21-12-9-19(30(32)33)15-22(21)27-25/h2-12,15,24H,13-14,16H2,1H3,(H,26,27)/t24-/m1/s1. The molecule has 12 heteroatoms. The van der Waals surface area contributed by atoms with Crippen molar-refractivity contribution in [2.45, 2.75) is 23.1 Å². The first-order chi connectivity index (χ1) is 17.7. The zero-order valence-electron chi connectivity index (χ0n) is 19.8. The van der Waals surface area contributed by atoms with E-state index in [2.05, 4.69) is 9.97 Å². The van der Waals surface area contributed by atoms with E-state index >= 15 is 0 Å². The van der Waals surface area contributed by atoms with Crippen molar-refractivity contribution in [1.29, 1.82) is 0 Å². The third-order valence-corrected chi connectivity index (χ3v) is 8.89. The highest BCUT2D eigenvalue weighted by Gasteiger charge is 2.43. The highest BCUT2D eigenvalue weighted by molar-refractivity contribution is 7.99. The van der Waals surface area contributed by atoms with E-state index in [4.69, 9.17) is 0 Å². The number of benzene rings is 3. The summed E-state index contributed by atoms with van der Waals surface area (Å²) in [6, 6.07) is 20.1. The molecule has 190 valence electrons. The van der Waals surface area contributed by atoms with Gasteiger partial charge in [-0.1, -0.05) is 59.8 Å². The van der Waals surface area contributed by atoms with Gasteiger partial charge < -0.3 is 9.88 Å². The maximum absolute atomic E-state index is 13.6. The van der Waals surface area contributed by atoms with Crippen LogP contribution in [0.1, 0.15) is 17.3 Å². The van der Waals surface area contributed by atoms with E-state index in [1.54, 1.807) is 35.2 Å². The normalized spacial score (nSPS) is 16.4. The average molecular weight is 538 g/mol. The minimum Gasteiger partial charge on any atom is -0.333 e. The first kappa shape index (κ1) is 24.9. The first-order valence-corrected chi connectivity index (χ1v) is 13.9. The molecule has 0 unspecified atom stereocenters. The largest absolute Gasteiger partial charge is 0.333 e. The van der Waals surface area contributed by atoms with Crippen molar-refractivity contribution in [1.82, 2.24) is 19.2 Å². The van der Waals surface area contributed by atoms with Gasteiger partial charge in [-0.05, 0) is 30.7 Å². The summed E-state index contributed by atoms with van der Waals surface area (Å²) in [4.78, 5) is 33.1. The van der Waals surface area contributed by atoms with Crippen molar-refractivity contribution in [2.75, 3.05) is 18.8 Å². The maximum atomic E-state index is 13.6. The fourth-order valence-corrected chi connectivity index (χ4v) is 6.65. The van der Waals surface area contributed by atoms with Crippen LogP contribution in [0.25, 0.3) is 11.0 Å². The van der Waals surface area contributed by atoms with Crippen molar-refractivity contribution in [3.05, 3.63) is 94.0 Å². The van der Waals surface area contributed by atoms with Crippen molar-refractivity contribution in [3.63, 3.8) is 0 Å². The molecule has 1 fully saturated rings. The van der Waals surface area contributed by atoms with Gasteiger partial charge in [0, 0.05) is 25.2 Å².